The van der Waals surface area contributed by atoms with Crippen molar-refractivity contribution in [3.8, 4) is 0 Å². The minimum atomic E-state index is 0.141. The molecule has 0 saturated heterocycles. The van der Waals surface area contributed by atoms with Crippen molar-refractivity contribution in [1.29, 1.82) is 0 Å². The Morgan fingerprint density at radius 2 is 2.12 bits per heavy atom. The maximum atomic E-state index is 11.5. The molecule has 4 nitrogen and oxygen atoms in total. The molecule has 0 bridgehead atoms. The largest absolute Gasteiger partial charge is 0.352 e. The van der Waals surface area contributed by atoms with Crippen LogP contribution in [0.15, 0.2) is 6.20 Å². The third-order valence-electron chi connectivity index (χ3n) is 2.92. The standard InChI is InChI=1S/C13H23N3O/c1-3-4-5-6-7-8-13(17)14-9-12-10-15-16-11(12)2/h10H,3-9H2,1-2H3,(H,14,17)(H,15,16). The zero-order chi connectivity index (χ0) is 12.5. The minimum absolute atomic E-state index is 0.141. The van der Waals surface area contributed by atoms with Gasteiger partial charge in [0.05, 0.1) is 6.20 Å². The van der Waals surface area contributed by atoms with Crippen LogP contribution in [0, 0.1) is 6.92 Å². The van der Waals surface area contributed by atoms with Crippen LogP contribution in [0.1, 0.15) is 56.7 Å². The SMILES string of the molecule is CCCCCCCC(=O)NCc1cn[nH]c1C. The molecule has 1 aromatic rings. The minimum Gasteiger partial charge on any atom is -0.352 e. The second-order valence-corrected chi connectivity index (χ2v) is 4.46. The Morgan fingerprint density at radius 1 is 1.35 bits per heavy atom. The number of carbonyl (C=O) groups excluding carboxylic acids is 1. The van der Waals surface area contributed by atoms with E-state index in [0.717, 1.165) is 24.1 Å². The highest BCUT2D eigenvalue weighted by atomic mass is 16.1. The number of hydrogen-bond acceptors (Lipinski definition) is 2. The lowest BCUT2D eigenvalue weighted by Crippen LogP contribution is -2.22. The predicted molar refractivity (Wildman–Crippen MR) is 68.5 cm³/mol. The molecule has 0 aliphatic rings. The van der Waals surface area contributed by atoms with Gasteiger partial charge in [0.1, 0.15) is 0 Å². The highest BCUT2D eigenvalue weighted by Gasteiger charge is 2.03. The Bertz CT molecular complexity index is 333. The van der Waals surface area contributed by atoms with E-state index in [1.165, 1.54) is 19.3 Å². The number of unbranched alkanes of at least 4 members (excludes halogenated alkanes) is 4. The summed E-state index contributed by atoms with van der Waals surface area (Å²) in [6.07, 6.45) is 8.31. The summed E-state index contributed by atoms with van der Waals surface area (Å²) in [5.74, 6) is 0.141. The molecule has 1 rings (SSSR count). The molecule has 0 radical (unpaired) electrons. The molecule has 1 aromatic heterocycles. The van der Waals surface area contributed by atoms with Gasteiger partial charge in [0.2, 0.25) is 5.91 Å². The zero-order valence-electron chi connectivity index (χ0n) is 10.9. The predicted octanol–water partition coefficient (Wildman–Crippen LogP) is 2.69. The monoisotopic (exact) mass is 237 g/mol. The number of aromatic nitrogens is 2. The van der Waals surface area contributed by atoms with Crippen molar-refractivity contribution in [2.45, 2.75) is 58.9 Å². The molecule has 1 heterocycles. The van der Waals surface area contributed by atoms with Crippen LogP contribution in [-0.4, -0.2) is 16.1 Å². The Hall–Kier alpha value is -1.32. The van der Waals surface area contributed by atoms with Crippen LogP contribution in [0.3, 0.4) is 0 Å². The van der Waals surface area contributed by atoms with Crippen LogP contribution < -0.4 is 5.32 Å². The number of amides is 1. The average molecular weight is 237 g/mol. The molecule has 0 fully saturated rings. The first kappa shape index (κ1) is 13.7. The summed E-state index contributed by atoms with van der Waals surface area (Å²) >= 11 is 0. The molecule has 0 unspecified atom stereocenters. The van der Waals surface area contributed by atoms with Gasteiger partial charge in [-0.05, 0) is 13.3 Å². The Labute approximate surface area is 103 Å². The van der Waals surface area contributed by atoms with Crippen LogP contribution in [0.2, 0.25) is 0 Å². The van der Waals surface area contributed by atoms with Crippen molar-refractivity contribution < 1.29 is 4.79 Å². The topological polar surface area (TPSA) is 57.8 Å². The first-order valence-electron chi connectivity index (χ1n) is 6.49. The van der Waals surface area contributed by atoms with Crippen molar-refractivity contribution in [3.63, 3.8) is 0 Å². The first-order valence-corrected chi connectivity index (χ1v) is 6.49. The van der Waals surface area contributed by atoms with Crippen LogP contribution in [0.4, 0.5) is 0 Å². The highest BCUT2D eigenvalue weighted by Crippen LogP contribution is 2.05. The third-order valence-corrected chi connectivity index (χ3v) is 2.92. The quantitative estimate of drug-likeness (QED) is 0.683. The Kier molecular flexibility index (Phi) is 6.37. The molecule has 0 saturated carbocycles. The fraction of sp³-hybridized carbons (Fsp3) is 0.692. The van der Waals surface area contributed by atoms with Crippen molar-refractivity contribution >= 4 is 5.91 Å². The molecule has 17 heavy (non-hydrogen) atoms. The molecule has 2 N–H and O–H groups in total. The lowest BCUT2D eigenvalue weighted by molar-refractivity contribution is -0.121. The summed E-state index contributed by atoms with van der Waals surface area (Å²) in [5.41, 5.74) is 2.08. The zero-order valence-corrected chi connectivity index (χ0v) is 10.9. The number of nitrogens with one attached hydrogen (secondary N) is 2. The molecule has 4 heteroatoms. The molecule has 0 spiro atoms. The van der Waals surface area contributed by atoms with E-state index >= 15 is 0 Å². The molecule has 0 aromatic carbocycles. The van der Waals surface area contributed by atoms with Crippen molar-refractivity contribution in [2.24, 2.45) is 0 Å². The first-order chi connectivity index (χ1) is 8.24. The molecule has 0 aliphatic carbocycles. The smallest absolute Gasteiger partial charge is 0.220 e. The second-order valence-electron chi connectivity index (χ2n) is 4.46. The van der Waals surface area contributed by atoms with Crippen molar-refractivity contribution in [1.82, 2.24) is 15.5 Å². The van der Waals surface area contributed by atoms with Crippen LogP contribution in [0.5, 0.6) is 0 Å². The number of aryl methyl sites for hydroxylation is 1. The molecule has 1 amide bonds. The normalized spacial score (nSPS) is 10.5. The Balaban J connectivity index is 2.07. The molecular formula is C13H23N3O. The second kappa shape index (κ2) is 7.87. The van der Waals surface area contributed by atoms with E-state index in [2.05, 4.69) is 22.4 Å². The summed E-state index contributed by atoms with van der Waals surface area (Å²) in [5, 5.41) is 9.69. The van der Waals surface area contributed by atoms with E-state index in [9.17, 15) is 4.79 Å². The fourth-order valence-corrected chi connectivity index (χ4v) is 1.73. The average Bonchev–Trinajstić information content (AvgIpc) is 2.72. The maximum Gasteiger partial charge on any atom is 0.220 e. The summed E-state index contributed by atoms with van der Waals surface area (Å²) in [6.45, 7) is 4.73. The van der Waals surface area contributed by atoms with Crippen molar-refractivity contribution in [2.75, 3.05) is 0 Å². The van der Waals surface area contributed by atoms with Gasteiger partial charge >= 0.3 is 0 Å². The number of nitrogens with zero attached hydrogens (tertiary/aromatic N) is 1. The van der Waals surface area contributed by atoms with Gasteiger partial charge in [0.15, 0.2) is 0 Å². The summed E-state index contributed by atoms with van der Waals surface area (Å²) < 4.78 is 0. The number of rotatable bonds is 8. The van der Waals surface area contributed by atoms with E-state index in [0.29, 0.717) is 13.0 Å². The number of aromatic amines is 1. The van der Waals surface area contributed by atoms with Crippen LogP contribution in [0.25, 0.3) is 0 Å². The van der Waals surface area contributed by atoms with Gasteiger partial charge in [-0.2, -0.15) is 5.10 Å². The molecule has 0 aliphatic heterocycles. The molecular weight excluding hydrogens is 214 g/mol. The van der Waals surface area contributed by atoms with E-state index in [-0.39, 0.29) is 5.91 Å². The van der Waals surface area contributed by atoms with Gasteiger partial charge in [-0.15, -0.1) is 0 Å². The lowest BCUT2D eigenvalue weighted by Gasteiger charge is -2.04. The maximum absolute atomic E-state index is 11.5. The molecule has 0 atom stereocenters. The van der Waals surface area contributed by atoms with E-state index in [1.807, 2.05) is 6.92 Å². The number of hydrogen-bond donors (Lipinski definition) is 2. The fourth-order valence-electron chi connectivity index (χ4n) is 1.73. The number of carbonyl (C=O) groups is 1. The third kappa shape index (κ3) is 5.52. The number of H-pyrrole nitrogens is 1. The van der Waals surface area contributed by atoms with Gasteiger partial charge in [-0.1, -0.05) is 32.6 Å². The van der Waals surface area contributed by atoms with Gasteiger partial charge < -0.3 is 5.32 Å². The van der Waals surface area contributed by atoms with Crippen LogP contribution >= 0.6 is 0 Å². The van der Waals surface area contributed by atoms with Crippen LogP contribution in [-0.2, 0) is 11.3 Å². The lowest BCUT2D eigenvalue weighted by atomic mass is 10.1. The summed E-state index contributed by atoms with van der Waals surface area (Å²) in [4.78, 5) is 11.5. The van der Waals surface area contributed by atoms with E-state index < -0.39 is 0 Å². The highest BCUT2D eigenvalue weighted by molar-refractivity contribution is 5.75. The van der Waals surface area contributed by atoms with Gasteiger partial charge in [0, 0.05) is 24.2 Å². The van der Waals surface area contributed by atoms with Gasteiger partial charge in [-0.25, -0.2) is 0 Å². The van der Waals surface area contributed by atoms with E-state index in [1.54, 1.807) is 6.20 Å². The van der Waals surface area contributed by atoms with E-state index in [4.69, 9.17) is 0 Å². The van der Waals surface area contributed by atoms with Crippen molar-refractivity contribution in [3.05, 3.63) is 17.5 Å². The Morgan fingerprint density at radius 3 is 2.76 bits per heavy atom. The summed E-state index contributed by atoms with van der Waals surface area (Å²) in [6, 6.07) is 0. The molecule has 96 valence electrons. The van der Waals surface area contributed by atoms with Gasteiger partial charge in [0.25, 0.3) is 0 Å². The summed E-state index contributed by atoms with van der Waals surface area (Å²) in [7, 11) is 0. The van der Waals surface area contributed by atoms with Gasteiger partial charge in [-0.3, -0.25) is 9.89 Å².